The summed E-state index contributed by atoms with van der Waals surface area (Å²) in [5.41, 5.74) is 3.57. The number of rotatable bonds is 4. The molecule has 2 aromatic carbocycles. The predicted molar refractivity (Wildman–Crippen MR) is 101 cm³/mol. The molecule has 0 aliphatic rings. The van der Waals surface area contributed by atoms with Crippen molar-refractivity contribution >= 4 is 34.9 Å². The van der Waals surface area contributed by atoms with E-state index in [1.807, 2.05) is 0 Å². The lowest BCUT2D eigenvalue weighted by atomic mass is 10.2. The maximum absolute atomic E-state index is 13.7. The first-order chi connectivity index (χ1) is 13.6. The van der Waals surface area contributed by atoms with Crippen LogP contribution in [-0.4, -0.2) is 21.7 Å². The zero-order valence-corrected chi connectivity index (χ0v) is 15.3. The monoisotopic (exact) mass is 423 g/mol. The molecule has 29 heavy (non-hydrogen) atoms. The third-order valence-corrected chi connectivity index (χ3v) is 3.96. The molecule has 0 aliphatic heterocycles. The SMILES string of the molecule is NC(=O)Nc1cccc(NC(=O)c2cnn(-c3cccc(Cl)c3)c2C(F)(F)F)c1. The van der Waals surface area contributed by atoms with Crippen LogP contribution in [0, 0.1) is 0 Å². The van der Waals surface area contributed by atoms with Crippen molar-refractivity contribution in [2.45, 2.75) is 6.18 Å². The van der Waals surface area contributed by atoms with E-state index in [1.54, 1.807) is 0 Å². The molecule has 0 saturated heterocycles. The van der Waals surface area contributed by atoms with E-state index in [9.17, 15) is 22.8 Å². The molecule has 3 rings (SSSR count). The Morgan fingerprint density at radius 1 is 1.03 bits per heavy atom. The second-order valence-electron chi connectivity index (χ2n) is 5.82. The van der Waals surface area contributed by atoms with Crippen molar-refractivity contribution in [2.75, 3.05) is 10.6 Å². The van der Waals surface area contributed by atoms with Gasteiger partial charge in [0.15, 0.2) is 5.69 Å². The van der Waals surface area contributed by atoms with Crippen LogP contribution in [0.25, 0.3) is 5.69 Å². The summed E-state index contributed by atoms with van der Waals surface area (Å²) >= 11 is 5.85. The number of hydrogen-bond donors (Lipinski definition) is 3. The van der Waals surface area contributed by atoms with Crippen LogP contribution in [0.4, 0.5) is 29.3 Å². The highest BCUT2D eigenvalue weighted by Gasteiger charge is 2.40. The Kier molecular flexibility index (Phi) is 5.46. The Labute approximate surface area is 167 Å². The van der Waals surface area contributed by atoms with Crippen molar-refractivity contribution in [1.29, 1.82) is 0 Å². The maximum Gasteiger partial charge on any atom is 0.434 e. The number of nitrogens with two attached hydrogens (primary N) is 1. The molecule has 1 aromatic heterocycles. The molecule has 0 radical (unpaired) electrons. The summed E-state index contributed by atoms with van der Waals surface area (Å²) in [6.07, 6.45) is -4.04. The molecule has 0 fully saturated rings. The van der Waals surface area contributed by atoms with Gasteiger partial charge in [0.25, 0.3) is 5.91 Å². The van der Waals surface area contributed by atoms with Crippen LogP contribution in [0.5, 0.6) is 0 Å². The Bertz CT molecular complexity index is 1080. The van der Waals surface area contributed by atoms with Gasteiger partial charge in [-0.1, -0.05) is 23.7 Å². The molecular formula is C18H13ClF3N5O2. The summed E-state index contributed by atoms with van der Waals surface area (Å²) < 4.78 is 41.7. The molecule has 0 aliphatic carbocycles. The van der Waals surface area contributed by atoms with Crippen molar-refractivity contribution in [3.63, 3.8) is 0 Å². The van der Waals surface area contributed by atoms with E-state index in [0.29, 0.717) is 4.68 Å². The number of nitrogens with zero attached hydrogens (tertiary/aromatic N) is 2. The van der Waals surface area contributed by atoms with Crippen LogP contribution in [0.2, 0.25) is 5.02 Å². The third kappa shape index (κ3) is 4.66. The summed E-state index contributed by atoms with van der Waals surface area (Å²) in [6.45, 7) is 0. The van der Waals surface area contributed by atoms with E-state index in [4.69, 9.17) is 17.3 Å². The van der Waals surface area contributed by atoms with Crippen LogP contribution in [0.15, 0.2) is 54.7 Å². The lowest BCUT2D eigenvalue weighted by Gasteiger charge is -2.13. The van der Waals surface area contributed by atoms with Crippen LogP contribution >= 0.6 is 11.6 Å². The number of carbonyl (C=O) groups is 2. The highest BCUT2D eigenvalue weighted by Crippen LogP contribution is 2.34. The first-order valence-electron chi connectivity index (χ1n) is 8.04. The van der Waals surface area contributed by atoms with Gasteiger partial charge in [0.05, 0.1) is 17.4 Å². The number of halogens is 4. The van der Waals surface area contributed by atoms with Crippen molar-refractivity contribution in [3.05, 3.63) is 71.0 Å². The van der Waals surface area contributed by atoms with E-state index in [2.05, 4.69) is 15.7 Å². The minimum atomic E-state index is -4.86. The summed E-state index contributed by atoms with van der Waals surface area (Å²) in [4.78, 5) is 23.4. The van der Waals surface area contributed by atoms with Gasteiger partial charge in [-0.25, -0.2) is 9.48 Å². The lowest BCUT2D eigenvalue weighted by molar-refractivity contribution is -0.143. The number of aromatic nitrogens is 2. The number of urea groups is 1. The molecule has 11 heteroatoms. The second kappa shape index (κ2) is 7.84. The Morgan fingerprint density at radius 2 is 1.69 bits per heavy atom. The number of anilines is 2. The normalized spacial score (nSPS) is 11.2. The number of benzene rings is 2. The molecule has 3 amide bonds. The van der Waals surface area contributed by atoms with Gasteiger partial charge < -0.3 is 16.4 Å². The number of amides is 3. The van der Waals surface area contributed by atoms with Crippen molar-refractivity contribution < 1.29 is 22.8 Å². The average Bonchev–Trinajstić information content (AvgIpc) is 3.07. The molecule has 150 valence electrons. The lowest BCUT2D eigenvalue weighted by Crippen LogP contribution is -2.21. The van der Waals surface area contributed by atoms with E-state index < -0.39 is 29.4 Å². The minimum Gasteiger partial charge on any atom is -0.351 e. The fraction of sp³-hybridized carbons (Fsp3) is 0.0556. The Balaban J connectivity index is 1.96. The molecule has 0 unspecified atom stereocenters. The topological polar surface area (TPSA) is 102 Å². The zero-order chi connectivity index (χ0) is 21.2. The van der Waals surface area contributed by atoms with Gasteiger partial charge in [-0.2, -0.15) is 18.3 Å². The van der Waals surface area contributed by atoms with Gasteiger partial charge in [0, 0.05) is 16.4 Å². The first-order valence-corrected chi connectivity index (χ1v) is 8.42. The van der Waals surface area contributed by atoms with Crippen LogP contribution in [-0.2, 0) is 6.18 Å². The molecule has 1 heterocycles. The van der Waals surface area contributed by atoms with Crippen LogP contribution < -0.4 is 16.4 Å². The number of alkyl halides is 3. The summed E-state index contributed by atoms with van der Waals surface area (Å²) in [7, 11) is 0. The number of primary amides is 1. The Morgan fingerprint density at radius 3 is 2.31 bits per heavy atom. The number of carbonyl (C=O) groups excluding carboxylic acids is 2. The fourth-order valence-electron chi connectivity index (χ4n) is 2.61. The fourth-order valence-corrected chi connectivity index (χ4v) is 2.79. The first kappa shape index (κ1) is 20.2. The van der Waals surface area contributed by atoms with Gasteiger partial charge >= 0.3 is 12.2 Å². The smallest absolute Gasteiger partial charge is 0.351 e. The number of hydrogen-bond acceptors (Lipinski definition) is 3. The molecule has 0 spiro atoms. The highest BCUT2D eigenvalue weighted by molar-refractivity contribution is 6.30. The maximum atomic E-state index is 13.7. The predicted octanol–water partition coefficient (Wildman–Crippen LogP) is 4.29. The highest BCUT2D eigenvalue weighted by atomic mass is 35.5. The summed E-state index contributed by atoms with van der Waals surface area (Å²) in [6, 6.07) is 10.6. The van der Waals surface area contributed by atoms with Gasteiger partial charge in [0.1, 0.15) is 0 Å². The summed E-state index contributed by atoms with van der Waals surface area (Å²) in [5, 5.41) is 8.59. The van der Waals surface area contributed by atoms with Crippen molar-refractivity contribution in [3.8, 4) is 5.69 Å². The number of nitrogens with one attached hydrogen (secondary N) is 2. The van der Waals surface area contributed by atoms with E-state index in [-0.39, 0.29) is 22.1 Å². The summed E-state index contributed by atoms with van der Waals surface area (Å²) in [5.74, 6) is -1.03. The van der Waals surface area contributed by atoms with Crippen LogP contribution in [0.3, 0.4) is 0 Å². The third-order valence-electron chi connectivity index (χ3n) is 3.72. The largest absolute Gasteiger partial charge is 0.434 e. The van der Waals surface area contributed by atoms with Gasteiger partial charge in [-0.3, -0.25) is 4.79 Å². The molecule has 0 saturated carbocycles. The van der Waals surface area contributed by atoms with E-state index in [0.717, 1.165) is 6.20 Å². The standard InChI is InChI=1S/C18H13ClF3N5O2/c19-10-3-1-6-13(7-10)27-15(18(20,21)22)14(9-24-27)16(28)25-11-4-2-5-12(8-11)26-17(23)29/h1-9H,(H,25,28)(H3,23,26,29). The minimum absolute atomic E-state index is 0.0523. The van der Waals surface area contributed by atoms with Gasteiger partial charge in [-0.15, -0.1) is 0 Å². The quantitative estimate of drug-likeness (QED) is 0.583. The second-order valence-corrected chi connectivity index (χ2v) is 6.26. The van der Waals surface area contributed by atoms with E-state index >= 15 is 0 Å². The van der Waals surface area contributed by atoms with Crippen LogP contribution in [0.1, 0.15) is 16.1 Å². The molecule has 0 atom stereocenters. The van der Waals surface area contributed by atoms with Crippen molar-refractivity contribution in [1.82, 2.24) is 9.78 Å². The zero-order valence-electron chi connectivity index (χ0n) is 14.5. The van der Waals surface area contributed by atoms with Crippen molar-refractivity contribution in [2.24, 2.45) is 5.73 Å². The Hall–Kier alpha value is -3.53. The van der Waals surface area contributed by atoms with Gasteiger partial charge in [0.2, 0.25) is 0 Å². The molecule has 7 nitrogen and oxygen atoms in total. The van der Waals surface area contributed by atoms with E-state index in [1.165, 1.54) is 48.5 Å². The average molecular weight is 424 g/mol. The molecule has 3 aromatic rings. The molecule has 4 N–H and O–H groups in total. The molecular weight excluding hydrogens is 411 g/mol. The molecule has 0 bridgehead atoms. The van der Waals surface area contributed by atoms with Gasteiger partial charge in [-0.05, 0) is 36.4 Å².